The lowest BCUT2D eigenvalue weighted by Gasteiger charge is -2.44. The summed E-state index contributed by atoms with van der Waals surface area (Å²) in [6.45, 7) is 1.94. The Morgan fingerprint density at radius 2 is 1.94 bits per heavy atom. The number of ether oxygens (including phenoxy) is 1. The van der Waals surface area contributed by atoms with Gasteiger partial charge in [-0.25, -0.2) is 9.97 Å². The van der Waals surface area contributed by atoms with E-state index < -0.39 is 47.6 Å². The van der Waals surface area contributed by atoms with Gasteiger partial charge in [-0.1, -0.05) is 0 Å². The quantitative estimate of drug-likeness (QED) is 0.484. The molecule has 0 saturated carbocycles. The molecule has 1 aliphatic heterocycles. The lowest BCUT2D eigenvalue weighted by molar-refractivity contribution is -0.251. The number of aromatic nitrogens is 2. The molecule has 0 spiro atoms. The van der Waals surface area contributed by atoms with Gasteiger partial charge in [-0.2, -0.15) is 26.3 Å². The largest absolute Gasteiger partial charge is 0.417 e. The molecule has 1 saturated heterocycles. The number of nitrogens with two attached hydrogens (primary N) is 1. The zero-order valence-corrected chi connectivity index (χ0v) is 18.1. The zero-order valence-electron chi connectivity index (χ0n) is 17.3. The molecule has 3 N–H and O–H groups in total. The number of carbonyl (C=O) groups excluding carboxylic acids is 1. The lowest BCUT2D eigenvalue weighted by atomic mass is 10.0. The average Bonchev–Trinajstić information content (AvgIpc) is 2.71. The van der Waals surface area contributed by atoms with Crippen molar-refractivity contribution in [2.24, 2.45) is 5.14 Å². The molecule has 1 atom stereocenters. The van der Waals surface area contributed by atoms with E-state index in [9.17, 15) is 31.1 Å². The summed E-state index contributed by atoms with van der Waals surface area (Å²) in [5.74, 6) is -1.32. The van der Waals surface area contributed by atoms with E-state index in [0.717, 1.165) is 16.8 Å². The maximum atomic E-state index is 13.4. The molecule has 0 bridgehead atoms. The van der Waals surface area contributed by atoms with Crippen molar-refractivity contribution in [2.75, 3.05) is 23.3 Å². The molecule has 2 aromatic heterocycles. The monoisotopic (exact) mass is 495 g/mol. The number of amides is 1. The molecular weight excluding hydrogens is 476 g/mol. The normalized spacial score (nSPS) is 18.8. The number of hydrogen-bond donors (Lipinski definition) is 2. The summed E-state index contributed by atoms with van der Waals surface area (Å²) in [6.07, 6.45) is -9.95. The van der Waals surface area contributed by atoms with E-state index in [-0.39, 0.29) is 18.1 Å². The van der Waals surface area contributed by atoms with Crippen molar-refractivity contribution in [3.63, 3.8) is 0 Å². The van der Waals surface area contributed by atoms with E-state index in [0.29, 0.717) is 17.3 Å². The molecule has 33 heavy (non-hydrogen) atoms. The predicted molar refractivity (Wildman–Crippen MR) is 109 cm³/mol. The van der Waals surface area contributed by atoms with Crippen LogP contribution < -0.4 is 15.4 Å². The molecule has 3 rings (SSSR count). The molecule has 0 radical (unpaired) electrons. The molecule has 0 aliphatic carbocycles. The van der Waals surface area contributed by atoms with Crippen LogP contribution in [0.15, 0.2) is 35.6 Å². The van der Waals surface area contributed by atoms with Crippen LogP contribution in [-0.2, 0) is 10.9 Å². The standard InChI is InChI=1S/C19H19F6N5O2S/c1-17(2)9-30(8-13(32-17)19(23,24)25)15-12(5-10(7-28-15)18(20,21)22)16(31)29-11-3-4-27-14(6-11)33-26/h3-7,13H,8-9,26H2,1-2H3,(H,27,29,31). The van der Waals surface area contributed by atoms with E-state index in [1.165, 1.54) is 32.2 Å². The Labute approximate surface area is 188 Å². The Morgan fingerprint density at radius 3 is 2.55 bits per heavy atom. The summed E-state index contributed by atoms with van der Waals surface area (Å²) < 4.78 is 85.2. The molecule has 2 aromatic rings. The molecule has 14 heteroatoms. The van der Waals surface area contributed by atoms with Crippen LogP contribution in [-0.4, -0.2) is 46.8 Å². The lowest BCUT2D eigenvalue weighted by Crippen LogP contribution is -2.57. The molecule has 1 fully saturated rings. The maximum absolute atomic E-state index is 13.4. The van der Waals surface area contributed by atoms with Gasteiger partial charge in [0.15, 0.2) is 6.10 Å². The Hall–Kier alpha value is -2.58. The molecule has 1 aliphatic rings. The minimum atomic E-state index is -4.82. The number of nitrogens with zero attached hydrogens (tertiary/aromatic N) is 3. The minimum Gasteiger partial charge on any atom is -0.359 e. The van der Waals surface area contributed by atoms with Gasteiger partial charge in [0.1, 0.15) is 10.8 Å². The summed E-state index contributed by atoms with van der Waals surface area (Å²) >= 11 is 0.788. The highest BCUT2D eigenvalue weighted by Gasteiger charge is 2.49. The fourth-order valence-electron chi connectivity index (χ4n) is 3.30. The summed E-state index contributed by atoms with van der Waals surface area (Å²) in [5.41, 5.74) is -2.89. The van der Waals surface area contributed by atoms with Gasteiger partial charge < -0.3 is 15.0 Å². The molecule has 7 nitrogen and oxygen atoms in total. The van der Waals surface area contributed by atoms with Crippen molar-refractivity contribution in [3.8, 4) is 0 Å². The highest BCUT2D eigenvalue weighted by molar-refractivity contribution is 7.97. The van der Waals surface area contributed by atoms with Crippen LogP contribution in [0.2, 0.25) is 0 Å². The van der Waals surface area contributed by atoms with E-state index in [1.807, 2.05) is 0 Å². The first-order valence-electron chi connectivity index (χ1n) is 9.40. The Bertz CT molecular complexity index is 1030. The summed E-state index contributed by atoms with van der Waals surface area (Å²) in [5, 5.41) is 8.17. The van der Waals surface area contributed by atoms with Gasteiger partial charge >= 0.3 is 12.4 Å². The second-order valence-electron chi connectivity index (χ2n) is 7.84. The Balaban J connectivity index is 2.03. The van der Waals surface area contributed by atoms with Gasteiger partial charge in [0.2, 0.25) is 0 Å². The van der Waals surface area contributed by atoms with Gasteiger partial charge in [0.25, 0.3) is 5.91 Å². The maximum Gasteiger partial charge on any atom is 0.417 e. The topological polar surface area (TPSA) is 93.4 Å². The average molecular weight is 495 g/mol. The second-order valence-corrected chi connectivity index (χ2v) is 8.49. The number of nitrogens with one attached hydrogen (secondary N) is 1. The van der Waals surface area contributed by atoms with Crippen LogP contribution in [0, 0.1) is 0 Å². The first kappa shape index (κ1) is 25.1. The van der Waals surface area contributed by atoms with Gasteiger partial charge in [-0.3, -0.25) is 9.93 Å². The van der Waals surface area contributed by atoms with Crippen LogP contribution in [0.1, 0.15) is 29.8 Å². The molecule has 1 amide bonds. The summed E-state index contributed by atoms with van der Waals surface area (Å²) in [7, 11) is 0. The van der Waals surface area contributed by atoms with Gasteiger partial charge in [-0.05, 0) is 44.0 Å². The summed E-state index contributed by atoms with van der Waals surface area (Å²) in [6, 6.07) is 3.33. The van der Waals surface area contributed by atoms with Crippen molar-refractivity contribution < 1.29 is 35.9 Å². The SMILES string of the molecule is CC1(C)CN(c2ncc(C(F)(F)F)cc2C(=O)Nc2ccnc(SN)c2)CC(C(F)(F)F)O1. The zero-order chi connectivity index (χ0) is 24.6. The number of halogens is 6. The molecule has 180 valence electrons. The third-order valence-corrected chi connectivity index (χ3v) is 5.10. The fraction of sp³-hybridized carbons (Fsp3) is 0.421. The van der Waals surface area contributed by atoms with Gasteiger partial charge in [0, 0.05) is 24.6 Å². The van der Waals surface area contributed by atoms with Crippen LogP contribution in [0.25, 0.3) is 0 Å². The van der Waals surface area contributed by atoms with Crippen LogP contribution in [0.5, 0.6) is 0 Å². The number of hydrogen-bond acceptors (Lipinski definition) is 7. The Kier molecular flexibility index (Phi) is 6.82. The predicted octanol–water partition coefficient (Wildman–Crippen LogP) is 4.26. The number of pyridine rings is 2. The number of rotatable bonds is 4. The van der Waals surface area contributed by atoms with Gasteiger partial charge in [0.05, 0.1) is 23.3 Å². The molecular formula is C19H19F6N5O2S. The minimum absolute atomic E-state index is 0.137. The molecule has 0 aromatic carbocycles. The first-order chi connectivity index (χ1) is 15.2. The molecule has 1 unspecified atom stereocenters. The summed E-state index contributed by atoms with van der Waals surface area (Å²) in [4.78, 5) is 21.7. The number of morpholine rings is 1. The van der Waals surface area contributed by atoms with Crippen LogP contribution >= 0.6 is 11.9 Å². The van der Waals surface area contributed by atoms with Crippen molar-refractivity contribution >= 4 is 29.4 Å². The van der Waals surface area contributed by atoms with Crippen molar-refractivity contribution in [1.29, 1.82) is 0 Å². The van der Waals surface area contributed by atoms with E-state index in [1.54, 1.807) is 0 Å². The highest BCUT2D eigenvalue weighted by atomic mass is 32.2. The van der Waals surface area contributed by atoms with E-state index in [4.69, 9.17) is 9.88 Å². The third-order valence-electron chi connectivity index (χ3n) is 4.64. The van der Waals surface area contributed by atoms with Crippen molar-refractivity contribution in [2.45, 2.75) is 42.9 Å². The van der Waals surface area contributed by atoms with E-state index >= 15 is 0 Å². The fourth-order valence-corrected chi connectivity index (χ4v) is 3.61. The number of alkyl halides is 6. The number of anilines is 2. The van der Waals surface area contributed by atoms with Crippen LogP contribution in [0.4, 0.5) is 37.8 Å². The smallest absolute Gasteiger partial charge is 0.359 e. The highest BCUT2D eigenvalue weighted by Crippen LogP contribution is 2.36. The van der Waals surface area contributed by atoms with E-state index in [2.05, 4.69) is 15.3 Å². The second kappa shape index (κ2) is 8.99. The molecule has 3 heterocycles. The van der Waals surface area contributed by atoms with Crippen molar-refractivity contribution in [1.82, 2.24) is 9.97 Å². The third kappa shape index (κ3) is 6.06. The van der Waals surface area contributed by atoms with Gasteiger partial charge in [-0.15, -0.1) is 0 Å². The van der Waals surface area contributed by atoms with Crippen molar-refractivity contribution in [3.05, 3.63) is 41.7 Å². The van der Waals surface area contributed by atoms with Crippen LogP contribution in [0.3, 0.4) is 0 Å². The Morgan fingerprint density at radius 1 is 1.24 bits per heavy atom. The number of carbonyl (C=O) groups is 1. The first-order valence-corrected chi connectivity index (χ1v) is 10.3.